The topological polar surface area (TPSA) is 35.2 Å². The third-order valence-electron chi connectivity index (χ3n) is 2.41. The van der Waals surface area contributed by atoms with Crippen LogP contribution in [0.4, 0.5) is 0 Å². The van der Waals surface area contributed by atoms with E-state index in [9.17, 15) is 0 Å². The van der Waals surface area contributed by atoms with Crippen LogP contribution in [0.15, 0.2) is 16.6 Å². The average molecular weight is 272 g/mol. The zero-order valence-electron chi connectivity index (χ0n) is 9.73. The molecule has 2 nitrogen and oxygen atoms in total. The van der Waals surface area contributed by atoms with Gasteiger partial charge in [0.1, 0.15) is 5.75 Å². The molecular formula is C12H18BrNO. The van der Waals surface area contributed by atoms with Gasteiger partial charge in [-0.25, -0.2) is 0 Å². The largest absolute Gasteiger partial charge is 0.495 e. The van der Waals surface area contributed by atoms with Gasteiger partial charge in [-0.05, 0) is 33.0 Å². The highest BCUT2D eigenvalue weighted by atomic mass is 79.9. The van der Waals surface area contributed by atoms with E-state index in [4.69, 9.17) is 10.5 Å². The van der Waals surface area contributed by atoms with Crippen LogP contribution in [0, 0.1) is 0 Å². The minimum Gasteiger partial charge on any atom is -0.495 e. The van der Waals surface area contributed by atoms with Gasteiger partial charge in [0.05, 0.1) is 11.6 Å². The fraction of sp³-hybridized carbons (Fsp3) is 0.500. The molecule has 3 heteroatoms. The van der Waals surface area contributed by atoms with Gasteiger partial charge in [0.15, 0.2) is 0 Å². The lowest BCUT2D eigenvalue weighted by molar-refractivity contribution is 0.406. The van der Waals surface area contributed by atoms with Crippen LogP contribution >= 0.6 is 15.9 Å². The van der Waals surface area contributed by atoms with Crippen molar-refractivity contribution in [2.75, 3.05) is 7.11 Å². The van der Waals surface area contributed by atoms with E-state index in [0.29, 0.717) is 6.54 Å². The predicted molar refractivity (Wildman–Crippen MR) is 67.3 cm³/mol. The molecule has 0 amide bonds. The first-order valence-corrected chi connectivity index (χ1v) is 5.76. The Morgan fingerprint density at radius 3 is 2.33 bits per heavy atom. The van der Waals surface area contributed by atoms with Gasteiger partial charge in [-0.1, -0.05) is 26.8 Å². The van der Waals surface area contributed by atoms with E-state index in [1.807, 2.05) is 0 Å². The quantitative estimate of drug-likeness (QED) is 0.897. The number of benzene rings is 1. The Balaban J connectivity index is 3.32. The summed E-state index contributed by atoms with van der Waals surface area (Å²) >= 11 is 3.51. The molecule has 1 aromatic carbocycles. The highest BCUT2D eigenvalue weighted by molar-refractivity contribution is 9.10. The van der Waals surface area contributed by atoms with Crippen molar-refractivity contribution >= 4 is 15.9 Å². The minimum atomic E-state index is 0.124. The highest BCUT2D eigenvalue weighted by Gasteiger charge is 2.17. The molecule has 0 unspecified atom stereocenters. The van der Waals surface area contributed by atoms with Crippen molar-refractivity contribution in [3.8, 4) is 5.75 Å². The number of rotatable bonds is 2. The molecule has 0 atom stereocenters. The van der Waals surface area contributed by atoms with Gasteiger partial charge in [-0.15, -0.1) is 0 Å². The van der Waals surface area contributed by atoms with Crippen LogP contribution in [0.25, 0.3) is 0 Å². The zero-order chi connectivity index (χ0) is 11.6. The van der Waals surface area contributed by atoms with E-state index < -0.39 is 0 Å². The number of hydrogen-bond acceptors (Lipinski definition) is 2. The number of ether oxygens (including phenoxy) is 1. The lowest BCUT2D eigenvalue weighted by atomic mass is 9.86. The second-order valence-electron chi connectivity index (χ2n) is 4.60. The summed E-state index contributed by atoms with van der Waals surface area (Å²) < 4.78 is 6.28. The zero-order valence-corrected chi connectivity index (χ0v) is 11.3. The van der Waals surface area contributed by atoms with Crippen molar-refractivity contribution in [2.45, 2.75) is 32.7 Å². The number of methoxy groups -OCH3 is 1. The first kappa shape index (κ1) is 12.5. The van der Waals surface area contributed by atoms with Crippen LogP contribution in [0.5, 0.6) is 5.75 Å². The van der Waals surface area contributed by atoms with Gasteiger partial charge in [0.2, 0.25) is 0 Å². The summed E-state index contributed by atoms with van der Waals surface area (Å²) in [4.78, 5) is 0. The van der Waals surface area contributed by atoms with Gasteiger partial charge in [-0.3, -0.25) is 0 Å². The molecule has 0 bridgehead atoms. The SMILES string of the molecule is COc1c(Br)cc(C(C)(C)C)cc1CN. The Kier molecular flexibility index (Phi) is 3.79. The average Bonchev–Trinajstić information content (AvgIpc) is 2.15. The summed E-state index contributed by atoms with van der Waals surface area (Å²) in [7, 11) is 1.66. The van der Waals surface area contributed by atoms with Gasteiger partial charge >= 0.3 is 0 Å². The van der Waals surface area contributed by atoms with E-state index in [1.54, 1.807) is 7.11 Å². The predicted octanol–water partition coefficient (Wildman–Crippen LogP) is 3.21. The Labute approximate surface area is 99.9 Å². The van der Waals surface area contributed by atoms with Crippen molar-refractivity contribution in [1.29, 1.82) is 0 Å². The van der Waals surface area contributed by atoms with Crippen LogP contribution < -0.4 is 10.5 Å². The third-order valence-corrected chi connectivity index (χ3v) is 3.00. The normalized spacial score (nSPS) is 11.6. The van der Waals surface area contributed by atoms with E-state index >= 15 is 0 Å². The summed E-state index contributed by atoms with van der Waals surface area (Å²) in [5.41, 5.74) is 8.13. The van der Waals surface area contributed by atoms with Gasteiger partial charge in [0.25, 0.3) is 0 Å². The molecule has 0 saturated heterocycles. The molecule has 0 aromatic heterocycles. The maximum absolute atomic E-state index is 5.71. The molecule has 0 saturated carbocycles. The Morgan fingerprint density at radius 1 is 1.33 bits per heavy atom. The van der Waals surface area contributed by atoms with E-state index in [1.165, 1.54) is 5.56 Å². The van der Waals surface area contributed by atoms with Crippen molar-refractivity contribution in [3.05, 3.63) is 27.7 Å². The Bertz CT molecular complexity index is 355. The Morgan fingerprint density at radius 2 is 1.93 bits per heavy atom. The third kappa shape index (κ3) is 2.73. The molecule has 0 aliphatic rings. The van der Waals surface area contributed by atoms with Crippen LogP contribution in [0.1, 0.15) is 31.9 Å². The molecule has 0 aliphatic heterocycles. The molecule has 0 radical (unpaired) electrons. The second-order valence-corrected chi connectivity index (χ2v) is 5.46. The number of halogens is 1. The molecule has 1 aromatic rings. The summed E-state index contributed by atoms with van der Waals surface area (Å²) in [5.74, 6) is 0.838. The fourth-order valence-electron chi connectivity index (χ4n) is 1.46. The van der Waals surface area contributed by atoms with Crippen molar-refractivity contribution in [3.63, 3.8) is 0 Å². The molecule has 0 aliphatic carbocycles. The van der Waals surface area contributed by atoms with E-state index in [2.05, 4.69) is 48.8 Å². The molecular weight excluding hydrogens is 254 g/mol. The van der Waals surface area contributed by atoms with Gasteiger partial charge in [-0.2, -0.15) is 0 Å². The van der Waals surface area contributed by atoms with Crippen molar-refractivity contribution < 1.29 is 4.74 Å². The van der Waals surface area contributed by atoms with Crippen LogP contribution in [-0.2, 0) is 12.0 Å². The summed E-state index contributed by atoms with van der Waals surface area (Å²) in [6, 6.07) is 4.21. The molecule has 0 fully saturated rings. The summed E-state index contributed by atoms with van der Waals surface area (Å²) in [6.45, 7) is 7.04. The van der Waals surface area contributed by atoms with E-state index in [-0.39, 0.29) is 5.41 Å². The van der Waals surface area contributed by atoms with Crippen LogP contribution in [-0.4, -0.2) is 7.11 Å². The lowest BCUT2D eigenvalue weighted by Crippen LogP contribution is -2.13. The van der Waals surface area contributed by atoms with Crippen molar-refractivity contribution in [2.24, 2.45) is 5.73 Å². The first-order chi connectivity index (χ1) is 6.90. The smallest absolute Gasteiger partial charge is 0.137 e. The molecule has 0 spiro atoms. The Hall–Kier alpha value is -0.540. The maximum atomic E-state index is 5.71. The minimum absolute atomic E-state index is 0.124. The molecule has 1 rings (SSSR count). The van der Waals surface area contributed by atoms with Gasteiger partial charge in [0, 0.05) is 12.1 Å². The first-order valence-electron chi connectivity index (χ1n) is 4.97. The molecule has 2 N–H and O–H groups in total. The number of nitrogens with two attached hydrogens (primary N) is 1. The maximum Gasteiger partial charge on any atom is 0.137 e. The fourth-order valence-corrected chi connectivity index (χ4v) is 2.13. The summed E-state index contributed by atoms with van der Waals surface area (Å²) in [5, 5.41) is 0. The monoisotopic (exact) mass is 271 g/mol. The van der Waals surface area contributed by atoms with Crippen LogP contribution in [0.2, 0.25) is 0 Å². The standard InChI is InChI=1S/C12H18BrNO/c1-12(2,3)9-5-8(7-14)11(15-4)10(13)6-9/h5-6H,7,14H2,1-4H3. The van der Waals surface area contributed by atoms with Crippen molar-refractivity contribution in [1.82, 2.24) is 0 Å². The lowest BCUT2D eigenvalue weighted by Gasteiger charge is -2.21. The van der Waals surface area contributed by atoms with Gasteiger partial charge < -0.3 is 10.5 Å². The second kappa shape index (κ2) is 4.54. The molecule has 0 heterocycles. The van der Waals surface area contributed by atoms with E-state index in [0.717, 1.165) is 15.8 Å². The molecule has 84 valence electrons. The summed E-state index contributed by atoms with van der Waals surface area (Å²) in [6.07, 6.45) is 0. The van der Waals surface area contributed by atoms with Crippen LogP contribution in [0.3, 0.4) is 0 Å². The molecule has 15 heavy (non-hydrogen) atoms. The highest BCUT2D eigenvalue weighted by Crippen LogP contribution is 2.34. The number of hydrogen-bond donors (Lipinski definition) is 1.